The molecule has 4 rings (SSSR count). The molecule has 0 aliphatic heterocycles. The number of methoxy groups -OCH3 is 3. The van der Waals surface area contributed by atoms with E-state index in [0.717, 1.165) is 10.8 Å². The zero-order valence-electron chi connectivity index (χ0n) is 20.5. The molecule has 188 valence electrons. The summed E-state index contributed by atoms with van der Waals surface area (Å²) >= 11 is 5.32. The van der Waals surface area contributed by atoms with Gasteiger partial charge in [-0.15, -0.1) is 0 Å². The van der Waals surface area contributed by atoms with Crippen LogP contribution in [0.3, 0.4) is 0 Å². The van der Waals surface area contributed by atoms with E-state index in [9.17, 15) is 9.59 Å². The number of hydrogen-bond acceptors (Lipinski definition) is 6. The first-order chi connectivity index (χ1) is 17.9. The fourth-order valence-electron chi connectivity index (χ4n) is 3.76. The van der Waals surface area contributed by atoms with Crippen molar-refractivity contribution in [3.05, 3.63) is 90.0 Å². The summed E-state index contributed by atoms with van der Waals surface area (Å²) in [5, 5.41) is 10.6. The largest absolute Gasteiger partial charge is 0.493 e. The van der Waals surface area contributed by atoms with Gasteiger partial charge in [-0.2, -0.15) is 0 Å². The van der Waals surface area contributed by atoms with E-state index >= 15 is 0 Å². The van der Waals surface area contributed by atoms with Crippen LogP contribution >= 0.6 is 12.2 Å². The lowest BCUT2D eigenvalue weighted by Gasteiger charge is -2.15. The maximum absolute atomic E-state index is 12.8. The molecule has 0 radical (unpaired) electrons. The van der Waals surface area contributed by atoms with Gasteiger partial charge < -0.3 is 24.8 Å². The Morgan fingerprint density at radius 3 is 1.95 bits per heavy atom. The average molecular weight is 516 g/mol. The van der Waals surface area contributed by atoms with Gasteiger partial charge in [0.15, 0.2) is 16.6 Å². The third kappa shape index (κ3) is 5.96. The van der Waals surface area contributed by atoms with Crippen molar-refractivity contribution in [1.29, 1.82) is 0 Å². The summed E-state index contributed by atoms with van der Waals surface area (Å²) in [6.45, 7) is 0. The lowest BCUT2D eigenvalue weighted by atomic mass is 10.1. The van der Waals surface area contributed by atoms with E-state index < -0.39 is 5.91 Å². The van der Waals surface area contributed by atoms with Crippen molar-refractivity contribution in [1.82, 2.24) is 5.32 Å². The lowest BCUT2D eigenvalue weighted by molar-refractivity contribution is 0.0975. The zero-order chi connectivity index (χ0) is 26.4. The second-order valence-corrected chi connectivity index (χ2v) is 8.33. The van der Waals surface area contributed by atoms with Crippen molar-refractivity contribution in [3.63, 3.8) is 0 Å². The van der Waals surface area contributed by atoms with Crippen LogP contribution in [0.15, 0.2) is 78.9 Å². The van der Waals surface area contributed by atoms with Crippen LogP contribution in [0.5, 0.6) is 17.2 Å². The molecule has 0 fully saturated rings. The lowest BCUT2D eigenvalue weighted by Crippen LogP contribution is -2.34. The van der Waals surface area contributed by atoms with Crippen molar-refractivity contribution in [3.8, 4) is 17.2 Å². The first-order valence-corrected chi connectivity index (χ1v) is 11.6. The number of amides is 2. The number of carbonyl (C=O) groups is 2. The normalized spacial score (nSPS) is 10.4. The average Bonchev–Trinajstić information content (AvgIpc) is 2.91. The third-order valence-electron chi connectivity index (χ3n) is 5.54. The summed E-state index contributed by atoms with van der Waals surface area (Å²) in [6.07, 6.45) is 0. The van der Waals surface area contributed by atoms with E-state index in [4.69, 9.17) is 26.4 Å². The van der Waals surface area contributed by atoms with E-state index in [2.05, 4.69) is 16.0 Å². The standard InChI is InChI=1S/C28H25N3O5S/c1-34-23-14-20(15-24(35-2)25(23)36-3)27(33)31-28(37)30-22-10-6-9-21(16-22)29-26(32)19-12-11-17-7-4-5-8-18(17)13-19/h4-16H,1-3H3,(H,29,32)(H2,30,31,33,37). The van der Waals surface area contributed by atoms with Crippen LogP contribution < -0.4 is 30.2 Å². The maximum Gasteiger partial charge on any atom is 0.257 e. The van der Waals surface area contributed by atoms with E-state index in [1.54, 1.807) is 30.3 Å². The molecular formula is C28H25N3O5S. The molecule has 9 heteroatoms. The molecular weight excluding hydrogens is 490 g/mol. The van der Waals surface area contributed by atoms with Crippen molar-refractivity contribution in [2.24, 2.45) is 0 Å². The highest BCUT2D eigenvalue weighted by molar-refractivity contribution is 7.80. The summed E-state index contributed by atoms with van der Waals surface area (Å²) < 4.78 is 15.9. The summed E-state index contributed by atoms with van der Waals surface area (Å²) in [7, 11) is 4.42. The first kappa shape index (κ1) is 25.5. The topological polar surface area (TPSA) is 97.9 Å². The van der Waals surface area contributed by atoms with Crippen LogP contribution in [-0.4, -0.2) is 38.3 Å². The molecule has 0 bridgehead atoms. The molecule has 0 unspecified atom stereocenters. The van der Waals surface area contributed by atoms with Crippen molar-refractivity contribution in [2.75, 3.05) is 32.0 Å². The molecule has 2 amide bonds. The minimum atomic E-state index is -0.461. The van der Waals surface area contributed by atoms with Crippen LogP contribution in [0.1, 0.15) is 20.7 Å². The van der Waals surface area contributed by atoms with E-state index in [1.807, 2.05) is 36.4 Å². The second kappa shape index (κ2) is 11.4. The smallest absolute Gasteiger partial charge is 0.257 e. The van der Waals surface area contributed by atoms with Gasteiger partial charge in [0.05, 0.1) is 21.3 Å². The quantitative estimate of drug-likeness (QED) is 0.290. The highest BCUT2D eigenvalue weighted by Crippen LogP contribution is 2.38. The molecule has 0 spiro atoms. The molecule has 0 atom stereocenters. The highest BCUT2D eigenvalue weighted by atomic mass is 32.1. The van der Waals surface area contributed by atoms with Gasteiger partial charge in [-0.25, -0.2) is 0 Å². The van der Waals surface area contributed by atoms with Crippen molar-refractivity contribution < 1.29 is 23.8 Å². The van der Waals surface area contributed by atoms with Gasteiger partial charge in [0.2, 0.25) is 5.75 Å². The Balaban J connectivity index is 1.42. The first-order valence-electron chi connectivity index (χ1n) is 11.2. The molecule has 37 heavy (non-hydrogen) atoms. The Hall–Kier alpha value is -4.63. The molecule has 0 aliphatic carbocycles. The van der Waals surface area contributed by atoms with Crippen LogP contribution in [0.25, 0.3) is 10.8 Å². The van der Waals surface area contributed by atoms with E-state index in [-0.39, 0.29) is 16.6 Å². The van der Waals surface area contributed by atoms with Crippen LogP contribution in [0.4, 0.5) is 11.4 Å². The van der Waals surface area contributed by atoms with Gasteiger partial charge in [-0.05, 0) is 65.5 Å². The van der Waals surface area contributed by atoms with Gasteiger partial charge in [0.1, 0.15) is 0 Å². The third-order valence-corrected chi connectivity index (χ3v) is 5.75. The van der Waals surface area contributed by atoms with E-state index in [0.29, 0.717) is 34.2 Å². The SMILES string of the molecule is COc1cc(C(=O)NC(=S)Nc2cccc(NC(=O)c3ccc4ccccc4c3)c2)cc(OC)c1OC. The number of ether oxygens (including phenoxy) is 3. The molecule has 0 saturated carbocycles. The molecule has 8 nitrogen and oxygen atoms in total. The Kier molecular flexibility index (Phi) is 7.85. The maximum atomic E-state index is 12.8. The fraction of sp³-hybridized carbons (Fsp3) is 0.107. The minimum Gasteiger partial charge on any atom is -0.493 e. The second-order valence-electron chi connectivity index (χ2n) is 7.92. The van der Waals surface area contributed by atoms with Crippen molar-refractivity contribution in [2.45, 2.75) is 0 Å². The van der Waals surface area contributed by atoms with Gasteiger partial charge >= 0.3 is 0 Å². The molecule has 4 aromatic rings. The number of thiocarbonyl (C=S) groups is 1. The monoisotopic (exact) mass is 515 g/mol. The summed E-state index contributed by atoms with van der Waals surface area (Å²) in [4.78, 5) is 25.6. The number of anilines is 2. The molecule has 3 N–H and O–H groups in total. The molecule has 0 aliphatic rings. The zero-order valence-corrected chi connectivity index (χ0v) is 21.3. The fourth-order valence-corrected chi connectivity index (χ4v) is 3.97. The molecule has 4 aromatic carbocycles. The van der Waals surface area contributed by atoms with Gasteiger partial charge in [-0.3, -0.25) is 14.9 Å². The summed E-state index contributed by atoms with van der Waals surface area (Å²) in [6, 6.07) is 23.5. The number of rotatable bonds is 7. The molecule has 0 saturated heterocycles. The number of fused-ring (bicyclic) bond motifs is 1. The predicted molar refractivity (Wildman–Crippen MR) is 148 cm³/mol. The predicted octanol–water partition coefficient (Wildman–Crippen LogP) is 5.24. The Morgan fingerprint density at radius 1 is 0.649 bits per heavy atom. The Labute approximate surface area is 219 Å². The highest BCUT2D eigenvalue weighted by Gasteiger charge is 2.18. The number of hydrogen-bond donors (Lipinski definition) is 3. The van der Waals surface area contributed by atoms with Gasteiger partial charge in [0, 0.05) is 22.5 Å². The molecule has 0 aromatic heterocycles. The van der Waals surface area contributed by atoms with Crippen LogP contribution in [0, 0.1) is 0 Å². The Bertz CT molecular complexity index is 1460. The van der Waals surface area contributed by atoms with E-state index in [1.165, 1.54) is 33.5 Å². The van der Waals surface area contributed by atoms with Gasteiger partial charge in [0.25, 0.3) is 11.8 Å². The minimum absolute atomic E-state index is 0.0803. The summed E-state index contributed by atoms with van der Waals surface area (Å²) in [5.74, 6) is 0.380. The Morgan fingerprint density at radius 2 is 1.30 bits per heavy atom. The van der Waals surface area contributed by atoms with Crippen LogP contribution in [0.2, 0.25) is 0 Å². The van der Waals surface area contributed by atoms with Crippen molar-refractivity contribution >= 4 is 51.3 Å². The van der Waals surface area contributed by atoms with Crippen LogP contribution in [-0.2, 0) is 0 Å². The number of nitrogens with one attached hydrogen (secondary N) is 3. The van der Waals surface area contributed by atoms with Gasteiger partial charge in [-0.1, -0.05) is 36.4 Å². The number of benzene rings is 4. The molecule has 0 heterocycles. The number of carbonyl (C=O) groups excluding carboxylic acids is 2. The summed E-state index contributed by atoms with van der Waals surface area (Å²) in [5.41, 5.74) is 1.98.